The van der Waals surface area contributed by atoms with Gasteiger partial charge in [-0.05, 0) is 101 Å². The third-order valence-corrected chi connectivity index (χ3v) is 13.7. The highest BCUT2D eigenvalue weighted by Gasteiger charge is 2.25. The third kappa shape index (κ3) is 5.37. The van der Waals surface area contributed by atoms with Crippen molar-refractivity contribution in [2.75, 3.05) is 4.90 Å². The molecule has 3 nitrogen and oxygen atoms in total. The number of nitrogens with zero attached hydrogens (tertiary/aromatic N) is 2. The number of thiophene rings is 1. The molecular weight excluding hydrogens is 773 g/mol. The van der Waals surface area contributed by atoms with Gasteiger partial charge in [0.1, 0.15) is 11.2 Å². The maximum atomic E-state index is 7.00. The third-order valence-electron chi connectivity index (χ3n) is 12.6. The average molecular weight is 809 g/mol. The number of fused-ring (bicyclic) bond motifs is 10. The van der Waals surface area contributed by atoms with E-state index in [-0.39, 0.29) is 0 Å². The quantitative estimate of drug-likeness (QED) is 0.167. The number of hydrogen-bond donors (Lipinski definition) is 0. The molecule has 0 saturated heterocycles. The number of furan rings is 1. The standard InChI is InChI=1S/C58H36N2OS/c1-2-15-38-34-42(30-28-37(38)14-1)60(50-23-8-3-18-43(50)39-29-33-56-49(36-39)47-22-7-12-27-55(47)62-56)53-32-31-48-46-21-6-11-26-54(46)61-58(48)57(53)40-16-13-17-41(35-40)59-51-24-9-4-19-44(51)45-20-5-10-25-52(45)59/h1-36H. The summed E-state index contributed by atoms with van der Waals surface area (Å²) in [4.78, 5) is 2.45. The number of hydrogen-bond acceptors (Lipinski definition) is 3. The van der Waals surface area contributed by atoms with Crippen molar-refractivity contribution >= 4 is 103 Å². The lowest BCUT2D eigenvalue weighted by atomic mass is 9.96. The second kappa shape index (κ2) is 13.8. The fourth-order valence-electron chi connectivity index (χ4n) is 9.78. The van der Waals surface area contributed by atoms with Gasteiger partial charge in [-0.3, -0.25) is 0 Å². The molecule has 0 N–H and O–H groups in total. The molecule has 4 heteroatoms. The van der Waals surface area contributed by atoms with Crippen LogP contribution in [-0.4, -0.2) is 4.57 Å². The van der Waals surface area contributed by atoms with E-state index >= 15 is 0 Å². The van der Waals surface area contributed by atoms with Crippen LogP contribution in [0.4, 0.5) is 17.1 Å². The van der Waals surface area contributed by atoms with Gasteiger partial charge in [0.05, 0.1) is 22.4 Å². The molecule has 3 heterocycles. The predicted octanol–water partition coefficient (Wildman–Crippen LogP) is 17.0. The number of anilines is 3. The SMILES string of the molecule is c1cc(-c2c(N(c3ccc4ccccc4c3)c3ccccc3-c3ccc4sc5ccccc5c4c3)ccc3c2oc2ccccc23)cc(-n2c3ccccc3c3ccccc32)c1. The molecular formula is C58H36N2OS. The van der Waals surface area contributed by atoms with Gasteiger partial charge in [0, 0.05) is 64.2 Å². The van der Waals surface area contributed by atoms with Crippen LogP contribution in [0.5, 0.6) is 0 Å². The fraction of sp³-hybridized carbons (Fsp3) is 0. The van der Waals surface area contributed by atoms with E-state index in [2.05, 4.69) is 228 Å². The Labute approximate surface area is 361 Å². The summed E-state index contributed by atoms with van der Waals surface area (Å²) in [5.41, 5.74) is 12.8. The predicted molar refractivity (Wildman–Crippen MR) is 264 cm³/mol. The van der Waals surface area contributed by atoms with Gasteiger partial charge in [-0.2, -0.15) is 0 Å². The van der Waals surface area contributed by atoms with Gasteiger partial charge in [0.2, 0.25) is 0 Å². The Hall–Kier alpha value is -7.92. The van der Waals surface area contributed by atoms with E-state index in [1.54, 1.807) is 0 Å². The van der Waals surface area contributed by atoms with Crippen LogP contribution in [0.3, 0.4) is 0 Å². The first-order valence-electron chi connectivity index (χ1n) is 21.1. The van der Waals surface area contributed by atoms with Crippen LogP contribution in [0, 0.1) is 0 Å². The summed E-state index contributed by atoms with van der Waals surface area (Å²) >= 11 is 1.85. The largest absolute Gasteiger partial charge is 0.455 e. The van der Waals surface area contributed by atoms with Crippen molar-refractivity contribution in [1.29, 1.82) is 0 Å². The van der Waals surface area contributed by atoms with Crippen LogP contribution in [-0.2, 0) is 0 Å². The topological polar surface area (TPSA) is 21.3 Å². The molecule has 62 heavy (non-hydrogen) atoms. The van der Waals surface area contributed by atoms with Gasteiger partial charge < -0.3 is 13.9 Å². The first-order chi connectivity index (χ1) is 30.7. The van der Waals surface area contributed by atoms with Gasteiger partial charge in [-0.15, -0.1) is 11.3 Å². The van der Waals surface area contributed by atoms with Gasteiger partial charge >= 0.3 is 0 Å². The Balaban J connectivity index is 1.10. The Morgan fingerprint density at radius 1 is 0.403 bits per heavy atom. The minimum atomic E-state index is 0.859. The second-order valence-corrected chi connectivity index (χ2v) is 17.1. The number of benzene rings is 10. The maximum Gasteiger partial charge on any atom is 0.145 e. The molecule has 13 rings (SSSR count). The van der Waals surface area contributed by atoms with E-state index in [1.165, 1.54) is 58.3 Å². The Bertz CT molecular complexity index is 3850. The lowest BCUT2D eigenvalue weighted by molar-refractivity contribution is 0.670. The van der Waals surface area contributed by atoms with E-state index < -0.39 is 0 Å². The first kappa shape index (κ1) is 34.9. The van der Waals surface area contributed by atoms with Gasteiger partial charge in [0.25, 0.3) is 0 Å². The van der Waals surface area contributed by atoms with Crippen LogP contribution in [0.1, 0.15) is 0 Å². The summed E-state index contributed by atoms with van der Waals surface area (Å²) in [6, 6.07) is 79.3. The normalized spacial score (nSPS) is 11.9. The second-order valence-electron chi connectivity index (χ2n) is 16.0. The Morgan fingerprint density at radius 3 is 1.95 bits per heavy atom. The van der Waals surface area contributed by atoms with Crippen LogP contribution < -0.4 is 4.90 Å². The lowest BCUT2D eigenvalue weighted by Gasteiger charge is -2.30. The number of aromatic nitrogens is 1. The molecule has 0 amide bonds. The fourth-order valence-corrected chi connectivity index (χ4v) is 10.9. The highest BCUT2D eigenvalue weighted by Crippen LogP contribution is 2.50. The summed E-state index contributed by atoms with van der Waals surface area (Å²) in [6.45, 7) is 0. The average Bonchev–Trinajstić information content (AvgIpc) is 4.01. The highest BCUT2D eigenvalue weighted by atomic mass is 32.1. The Kier molecular flexibility index (Phi) is 7.78. The van der Waals surface area contributed by atoms with E-state index in [0.29, 0.717) is 0 Å². The van der Waals surface area contributed by atoms with Crippen molar-refractivity contribution in [2.45, 2.75) is 0 Å². The summed E-state index contributed by atoms with van der Waals surface area (Å²) in [5.74, 6) is 0. The summed E-state index contributed by atoms with van der Waals surface area (Å²) < 4.78 is 12.0. The minimum absolute atomic E-state index is 0.859. The van der Waals surface area contributed by atoms with Crippen molar-refractivity contribution in [1.82, 2.24) is 4.57 Å². The summed E-state index contributed by atoms with van der Waals surface area (Å²) in [6.07, 6.45) is 0. The monoisotopic (exact) mass is 808 g/mol. The molecule has 0 spiro atoms. The molecule has 13 aromatic rings. The van der Waals surface area contributed by atoms with Crippen molar-refractivity contribution in [3.63, 3.8) is 0 Å². The molecule has 0 atom stereocenters. The van der Waals surface area contributed by atoms with Crippen LogP contribution in [0.15, 0.2) is 223 Å². The van der Waals surface area contributed by atoms with E-state index in [0.717, 1.165) is 61.4 Å². The lowest BCUT2D eigenvalue weighted by Crippen LogP contribution is -2.12. The Morgan fingerprint density at radius 2 is 1.10 bits per heavy atom. The van der Waals surface area contributed by atoms with Gasteiger partial charge in [0.15, 0.2) is 0 Å². The summed E-state index contributed by atoms with van der Waals surface area (Å²) in [7, 11) is 0. The van der Waals surface area contributed by atoms with Crippen LogP contribution in [0.2, 0.25) is 0 Å². The van der Waals surface area contributed by atoms with Crippen LogP contribution in [0.25, 0.3) is 103 Å². The van der Waals surface area contributed by atoms with Gasteiger partial charge in [-0.1, -0.05) is 140 Å². The van der Waals surface area contributed by atoms with E-state index in [4.69, 9.17) is 4.42 Å². The molecule has 0 aliphatic rings. The van der Waals surface area contributed by atoms with E-state index in [9.17, 15) is 0 Å². The molecule has 0 fully saturated rings. The van der Waals surface area contributed by atoms with E-state index in [1.807, 2.05) is 11.3 Å². The molecule has 10 aromatic carbocycles. The number of para-hydroxylation sites is 4. The van der Waals surface area contributed by atoms with Crippen molar-refractivity contribution in [2.24, 2.45) is 0 Å². The molecule has 0 aliphatic heterocycles. The maximum absolute atomic E-state index is 7.00. The first-order valence-corrected chi connectivity index (χ1v) is 21.9. The van der Waals surface area contributed by atoms with Crippen molar-refractivity contribution in [3.05, 3.63) is 218 Å². The molecule has 0 radical (unpaired) electrons. The zero-order chi connectivity index (χ0) is 40.7. The molecule has 0 aliphatic carbocycles. The minimum Gasteiger partial charge on any atom is -0.455 e. The van der Waals surface area contributed by atoms with Crippen molar-refractivity contribution in [3.8, 4) is 27.9 Å². The smallest absolute Gasteiger partial charge is 0.145 e. The number of rotatable bonds is 6. The van der Waals surface area contributed by atoms with Crippen molar-refractivity contribution < 1.29 is 4.42 Å². The zero-order valence-electron chi connectivity index (χ0n) is 33.5. The van der Waals surface area contributed by atoms with Gasteiger partial charge in [-0.25, -0.2) is 0 Å². The molecule has 3 aromatic heterocycles. The molecule has 0 bridgehead atoms. The zero-order valence-corrected chi connectivity index (χ0v) is 34.3. The molecule has 0 saturated carbocycles. The molecule has 290 valence electrons. The molecule has 0 unspecified atom stereocenters. The highest BCUT2D eigenvalue weighted by molar-refractivity contribution is 7.25. The summed E-state index contributed by atoms with van der Waals surface area (Å²) in [5, 5.41) is 9.61. The van der Waals surface area contributed by atoms with Crippen LogP contribution >= 0.6 is 11.3 Å².